The standard InChI is InChI=1S/C14H17F3N4O.HI/c1-18-14(21-6-2-3-7-21)19-8-11(22)20-10-5-4-9(15)12(16)13(10)17;/h4-5H,2-3,6-8H2,1H3,(H,18,19)(H,20,22);1H. The molecule has 1 aliphatic rings. The Morgan fingerprint density at radius 1 is 1.22 bits per heavy atom. The smallest absolute Gasteiger partial charge is 0.243 e. The second-order valence-electron chi connectivity index (χ2n) is 4.87. The number of halogens is 4. The topological polar surface area (TPSA) is 56.7 Å². The van der Waals surface area contributed by atoms with Gasteiger partial charge in [-0.1, -0.05) is 0 Å². The Labute approximate surface area is 149 Å². The molecule has 0 aromatic heterocycles. The third kappa shape index (κ3) is 4.98. The zero-order chi connectivity index (χ0) is 16.1. The van der Waals surface area contributed by atoms with Gasteiger partial charge in [-0.15, -0.1) is 24.0 Å². The molecule has 0 spiro atoms. The van der Waals surface area contributed by atoms with E-state index < -0.39 is 29.0 Å². The van der Waals surface area contributed by atoms with Crippen LogP contribution < -0.4 is 10.6 Å². The van der Waals surface area contributed by atoms with Gasteiger partial charge in [-0.2, -0.15) is 0 Å². The molecule has 0 radical (unpaired) electrons. The highest BCUT2D eigenvalue weighted by Crippen LogP contribution is 2.19. The van der Waals surface area contributed by atoms with E-state index in [1.807, 2.05) is 4.90 Å². The van der Waals surface area contributed by atoms with Gasteiger partial charge < -0.3 is 15.5 Å². The molecule has 1 heterocycles. The van der Waals surface area contributed by atoms with Crippen LogP contribution in [0.15, 0.2) is 17.1 Å². The highest BCUT2D eigenvalue weighted by molar-refractivity contribution is 14.0. The van der Waals surface area contributed by atoms with Crippen LogP contribution >= 0.6 is 24.0 Å². The highest BCUT2D eigenvalue weighted by atomic mass is 127. The number of hydrogen-bond donors (Lipinski definition) is 2. The van der Waals surface area contributed by atoms with E-state index in [1.165, 1.54) is 0 Å². The van der Waals surface area contributed by atoms with Crippen LogP contribution in [-0.2, 0) is 4.79 Å². The van der Waals surface area contributed by atoms with Crippen molar-refractivity contribution in [2.45, 2.75) is 12.8 Å². The number of benzene rings is 1. The molecule has 1 aliphatic heterocycles. The van der Waals surface area contributed by atoms with E-state index in [0.717, 1.165) is 38.1 Å². The van der Waals surface area contributed by atoms with Gasteiger partial charge in [0.15, 0.2) is 23.4 Å². The summed E-state index contributed by atoms with van der Waals surface area (Å²) in [5.41, 5.74) is -0.401. The summed E-state index contributed by atoms with van der Waals surface area (Å²) in [6.07, 6.45) is 2.12. The number of nitrogens with one attached hydrogen (secondary N) is 2. The monoisotopic (exact) mass is 442 g/mol. The molecule has 128 valence electrons. The zero-order valence-corrected chi connectivity index (χ0v) is 14.9. The summed E-state index contributed by atoms with van der Waals surface area (Å²) in [7, 11) is 1.60. The van der Waals surface area contributed by atoms with E-state index in [0.29, 0.717) is 5.96 Å². The van der Waals surface area contributed by atoms with Gasteiger partial charge in [-0.3, -0.25) is 9.79 Å². The molecule has 1 aromatic rings. The SMILES string of the molecule is CN=C(NCC(=O)Nc1ccc(F)c(F)c1F)N1CCCC1.I. The summed E-state index contributed by atoms with van der Waals surface area (Å²) in [4.78, 5) is 17.8. The maximum Gasteiger partial charge on any atom is 0.243 e. The van der Waals surface area contributed by atoms with Crippen LogP contribution in [-0.4, -0.2) is 43.4 Å². The van der Waals surface area contributed by atoms with Gasteiger partial charge >= 0.3 is 0 Å². The molecule has 0 bridgehead atoms. The van der Waals surface area contributed by atoms with Crippen molar-refractivity contribution in [2.75, 3.05) is 32.0 Å². The first-order valence-corrected chi connectivity index (χ1v) is 6.92. The molecular weight excluding hydrogens is 424 g/mol. The fourth-order valence-electron chi connectivity index (χ4n) is 2.24. The Kier molecular flexibility index (Phi) is 7.59. The van der Waals surface area contributed by atoms with Gasteiger partial charge in [0.1, 0.15) is 0 Å². The van der Waals surface area contributed by atoms with Crippen molar-refractivity contribution >= 4 is 41.5 Å². The lowest BCUT2D eigenvalue weighted by Crippen LogP contribution is -2.43. The van der Waals surface area contributed by atoms with E-state index in [2.05, 4.69) is 15.6 Å². The molecule has 1 aromatic carbocycles. The lowest BCUT2D eigenvalue weighted by molar-refractivity contribution is -0.115. The summed E-state index contributed by atoms with van der Waals surface area (Å²) in [6.45, 7) is 1.57. The van der Waals surface area contributed by atoms with Crippen LogP contribution in [0.2, 0.25) is 0 Å². The number of aliphatic imine (C=N–C) groups is 1. The van der Waals surface area contributed by atoms with Crippen LogP contribution in [0.4, 0.5) is 18.9 Å². The molecule has 5 nitrogen and oxygen atoms in total. The second-order valence-corrected chi connectivity index (χ2v) is 4.87. The van der Waals surface area contributed by atoms with E-state index in [1.54, 1.807) is 7.05 Å². The molecule has 23 heavy (non-hydrogen) atoms. The molecule has 0 unspecified atom stereocenters. The summed E-state index contributed by atoms with van der Waals surface area (Å²) in [6, 6.07) is 1.73. The van der Waals surface area contributed by atoms with Crippen LogP contribution in [0.1, 0.15) is 12.8 Å². The first-order valence-electron chi connectivity index (χ1n) is 6.92. The van der Waals surface area contributed by atoms with Crippen molar-refractivity contribution in [2.24, 2.45) is 4.99 Å². The third-order valence-electron chi connectivity index (χ3n) is 3.33. The Morgan fingerprint density at radius 2 is 1.87 bits per heavy atom. The van der Waals surface area contributed by atoms with Crippen molar-refractivity contribution in [1.29, 1.82) is 0 Å². The fourth-order valence-corrected chi connectivity index (χ4v) is 2.24. The minimum absolute atomic E-state index is 0. The number of likely N-dealkylation sites (tertiary alicyclic amines) is 1. The molecule has 0 aliphatic carbocycles. The van der Waals surface area contributed by atoms with Crippen LogP contribution in [0.25, 0.3) is 0 Å². The largest absolute Gasteiger partial charge is 0.347 e. The number of nitrogens with zero attached hydrogens (tertiary/aromatic N) is 2. The Balaban J connectivity index is 0.00000264. The number of hydrogen-bond acceptors (Lipinski definition) is 2. The first kappa shape index (κ1) is 19.5. The molecule has 1 saturated heterocycles. The maximum atomic E-state index is 13.5. The summed E-state index contributed by atoms with van der Waals surface area (Å²) in [5, 5.41) is 5.04. The van der Waals surface area contributed by atoms with Crippen LogP contribution in [0.5, 0.6) is 0 Å². The lowest BCUT2D eigenvalue weighted by Gasteiger charge is -2.20. The lowest BCUT2D eigenvalue weighted by atomic mass is 10.2. The summed E-state index contributed by atoms with van der Waals surface area (Å²) >= 11 is 0. The number of anilines is 1. The number of carbonyl (C=O) groups excluding carboxylic acids is 1. The number of rotatable bonds is 3. The predicted octanol–water partition coefficient (Wildman–Crippen LogP) is 2.33. The van der Waals surface area contributed by atoms with Gasteiger partial charge in [0.05, 0.1) is 12.2 Å². The van der Waals surface area contributed by atoms with Gasteiger partial charge in [-0.25, -0.2) is 13.2 Å². The number of carbonyl (C=O) groups is 1. The van der Waals surface area contributed by atoms with E-state index in [-0.39, 0.29) is 30.5 Å². The third-order valence-corrected chi connectivity index (χ3v) is 3.33. The minimum Gasteiger partial charge on any atom is -0.347 e. The average Bonchev–Trinajstić information content (AvgIpc) is 3.03. The van der Waals surface area contributed by atoms with Crippen molar-refractivity contribution < 1.29 is 18.0 Å². The molecule has 0 saturated carbocycles. The Morgan fingerprint density at radius 3 is 2.48 bits per heavy atom. The summed E-state index contributed by atoms with van der Waals surface area (Å²) in [5.74, 6) is -4.33. The molecule has 1 fully saturated rings. The average molecular weight is 442 g/mol. The van der Waals surface area contributed by atoms with Crippen LogP contribution in [0, 0.1) is 17.5 Å². The molecule has 2 rings (SSSR count). The highest BCUT2D eigenvalue weighted by Gasteiger charge is 2.18. The number of guanidine groups is 1. The quantitative estimate of drug-likeness (QED) is 0.327. The first-order chi connectivity index (χ1) is 10.5. The van der Waals surface area contributed by atoms with Gasteiger partial charge in [-0.05, 0) is 25.0 Å². The molecule has 1 amide bonds. The zero-order valence-electron chi connectivity index (χ0n) is 12.5. The van der Waals surface area contributed by atoms with Gasteiger partial charge in [0.25, 0.3) is 0 Å². The molecule has 2 N–H and O–H groups in total. The molecular formula is C14H18F3IN4O. The normalized spacial score (nSPS) is 14.4. The number of amides is 1. The van der Waals surface area contributed by atoms with Crippen molar-refractivity contribution in [3.63, 3.8) is 0 Å². The van der Waals surface area contributed by atoms with Crippen molar-refractivity contribution in [3.8, 4) is 0 Å². The fraction of sp³-hybridized carbons (Fsp3) is 0.429. The predicted molar refractivity (Wildman–Crippen MR) is 92.5 cm³/mol. The maximum absolute atomic E-state index is 13.5. The van der Waals surface area contributed by atoms with Gasteiger partial charge in [0, 0.05) is 20.1 Å². The van der Waals surface area contributed by atoms with Crippen molar-refractivity contribution in [3.05, 3.63) is 29.6 Å². The van der Waals surface area contributed by atoms with Gasteiger partial charge in [0.2, 0.25) is 5.91 Å². The van der Waals surface area contributed by atoms with Crippen molar-refractivity contribution in [1.82, 2.24) is 10.2 Å². The summed E-state index contributed by atoms with van der Waals surface area (Å²) < 4.78 is 39.3. The second kappa shape index (κ2) is 8.94. The van der Waals surface area contributed by atoms with E-state index >= 15 is 0 Å². The van der Waals surface area contributed by atoms with E-state index in [9.17, 15) is 18.0 Å². The molecule has 0 atom stereocenters. The minimum atomic E-state index is -1.61. The molecule has 9 heteroatoms. The van der Waals surface area contributed by atoms with Crippen LogP contribution in [0.3, 0.4) is 0 Å². The Hall–Kier alpha value is -1.52. The Bertz CT molecular complexity index is 592. The van der Waals surface area contributed by atoms with E-state index in [4.69, 9.17) is 0 Å².